The first-order valence-corrected chi connectivity index (χ1v) is 8.68. The third-order valence-corrected chi connectivity index (χ3v) is 3.23. The smallest absolute Gasteiger partial charge is 0.105 e. The number of ether oxygens (including phenoxy) is 1. The van der Waals surface area contributed by atoms with Crippen molar-refractivity contribution in [1.29, 1.82) is 0 Å². The summed E-state index contributed by atoms with van der Waals surface area (Å²) in [4.78, 5) is 0. The predicted octanol–water partition coefficient (Wildman–Crippen LogP) is 4.45. The van der Waals surface area contributed by atoms with Gasteiger partial charge in [-0.2, -0.15) is 0 Å². The monoisotopic (exact) mass is 288 g/mol. The summed E-state index contributed by atoms with van der Waals surface area (Å²) in [6.07, 6.45) is 14.6. The minimum atomic E-state index is -0.0476. The van der Waals surface area contributed by atoms with Crippen molar-refractivity contribution in [2.45, 2.75) is 90.7 Å². The molecular formula is C17H40N2O. The molecule has 1 atom stereocenters. The average molecular weight is 289 g/mol. The van der Waals surface area contributed by atoms with Crippen molar-refractivity contribution >= 4 is 0 Å². The van der Waals surface area contributed by atoms with Gasteiger partial charge in [0, 0.05) is 6.61 Å². The number of hydrogen-bond donors (Lipinski definition) is 2. The predicted molar refractivity (Wildman–Crippen MR) is 91.0 cm³/mol. The average Bonchev–Trinajstić information content (AvgIpc) is 2.45. The van der Waals surface area contributed by atoms with Gasteiger partial charge in [0.05, 0.1) is 0 Å². The largest absolute Gasteiger partial charge is 0.364 e. The summed E-state index contributed by atoms with van der Waals surface area (Å²) < 4.78 is 5.44. The molecule has 0 rings (SSSR count). The number of hydrogen-bond acceptors (Lipinski definition) is 3. The highest BCUT2D eigenvalue weighted by atomic mass is 16.5. The lowest BCUT2D eigenvalue weighted by atomic mass is 10.1. The highest BCUT2D eigenvalue weighted by Crippen LogP contribution is 2.10. The van der Waals surface area contributed by atoms with Gasteiger partial charge < -0.3 is 15.8 Å². The quantitative estimate of drug-likeness (QED) is 0.389. The molecule has 3 N–H and O–H groups in total. The first kappa shape index (κ1) is 22.2. The van der Waals surface area contributed by atoms with E-state index in [4.69, 9.17) is 10.5 Å². The third-order valence-electron chi connectivity index (χ3n) is 3.23. The fraction of sp³-hybridized carbons (Fsp3) is 1.00. The molecule has 0 aliphatic heterocycles. The normalized spacial score (nSPS) is 11.8. The molecule has 124 valence electrons. The van der Waals surface area contributed by atoms with Crippen LogP contribution in [0, 0.1) is 0 Å². The standard InChI is InChI=1S/C15H33NO.C2H7N/c1-3-5-6-7-8-9-10-11-12-13-14-17-15(16)4-2;1-3-2/h15H,3-14,16H2,1-2H3;3H,1-2H3. The molecule has 3 nitrogen and oxygen atoms in total. The van der Waals surface area contributed by atoms with Crippen LogP contribution in [-0.2, 0) is 4.74 Å². The van der Waals surface area contributed by atoms with E-state index < -0.39 is 0 Å². The zero-order chi connectivity index (χ0) is 15.5. The number of nitrogens with two attached hydrogens (primary N) is 1. The lowest BCUT2D eigenvalue weighted by molar-refractivity contribution is 0.0526. The molecule has 20 heavy (non-hydrogen) atoms. The maximum atomic E-state index is 5.67. The Morgan fingerprint density at radius 2 is 1.20 bits per heavy atom. The van der Waals surface area contributed by atoms with Gasteiger partial charge in [0.2, 0.25) is 0 Å². The molecule has 0 amide bonds. The van der Waals surface area contributed by atoms with Gasteiger partial charge in [-0.05, 0) is 26.9 Å². The second kappa shape index (κ2) is 21.2. The second-order valence-electron chi connectivity index (χ2n) is 5.50. The highest BCUT2D eigenvalue weighted by Gasteiger charge is 1.97. The molecule has 0 saturated heterocycles. The zero-order valence-electron chi connectivity index (χ0n) is 14.5. The van der Waals surface area contributed by atoms with Crippen molar-refractivity contribution in [1.82, 2.24) is 5.32 Å². The molecule has 0 spiro atoms. The van der Waals surface area contributed by atoms with Crippen LogP contribution in [0.25, 0.3) is 0 Å². The first-order chi connectivity index (χ1) is 9.72. The highest BCUT2D eigenvalue weighted by molar-refractivity contribution is 4.48. The Morgan fingerprint density at radius 3 is 1.60 bits per heavy atom. The summed E-state index contributed by atoms with van der Waals surface area (Å²) in [5.74, 6) is 0. The van der Waals surface area contributed by atoms with Crippen LogP contribution in [-0.4, -0.2) is 26.9 Å². The molecule has 0 bridgehead atoms. The van der Waals surface area contributed by atoms with Gasteiger partial charge in [0.1, 0.15) is 6.23 Å². The van der Waals surface area contributed by atoms with Crippen LogP contribution in [0.2, 0.25) is 0 Å². The Hall–Kier alpha value is -0.120. The Kier molecular flexibility index (Phi) is 23.5. The van der Waals surface area contributed by atoms with Crippen LogP contribution in [0.4, 0.5) is 0 Å². The lowest BCUT2D eigenvalue weighted by Crippen LogP contribution is -2.22. The number of unbranched alkanes of at least 4 members (excludes halogenated alkanes) is 9. The fourth-order valence-electron chi connectivity index (χ4n) is 1.94. The fourth-order valence-corrected chi connectivity index (χ4v) is 1.94. The van der Waals surface area contributed by atoms with Crippen LogP contribution < -0.4 is 11.1 Å². The summed E-state index contributed by atoms with van der Waals surface area (Å²) in [6.45, 7) is 5.17. The van der Waals surface area contributed by atoms with Crippen molar-refractivity contribution < 1.29 is 4.74 Å². The van der Waals surface area contributed by atoms with E-state index in [-0.39, 0.29) is 6.23 Å². The van der Waals surface area contributed by atoms with Crippen LogP contribution in [0.5, 0.6) is 0 Å². The summed E-state index contributed by atoms with van der Waals surface area (Å²) >= 11 is 0. The Labute approximate surface area is 128 Å². The first-order valence-electron chi connectivity index (χ1n) is 8.68. The zero-order valence-corrected chi connectivity index (χ0v) is 14.5. The molecule has 0 fully saturated rings. The van der Waals surface area contributed by atoms with E-state index in [1.54, 1.807) is 0 Å². The van der Waals surface area contributed by atoms with E-state index in [1.165, 1.54) is 64.2 Å². The minimum absolute atomic E-state index is 0.0476. The molecule has 0 aromatic heterocycles. The van der Waals surface area contributed by atoms with Crippen LogP contribution >= 0.6 is 0 Å². The van der Waals surface area contributed by atoms with E-state index in [9.17, 15) is 0 Å². The van der Waals surface area contributed by atoms with Crippen LogP contribution in [0.3, 0.4) is 0 Å². The summed E-state index contributed by atoms with van der Waals surface area (Å²) in [5.41, 5.74) is 5.67. The van der Waals surface area contributed by atoms with Crippen molar-refractivity contribution in [3.63, 3.8) is 0 Å². The Balaban J connectivity index is 0. The molecule has 0 aromatic carbocycles. The number of rotatable bonds is 13. The SMILES string of the molecule is CCCCCCCCCCCCOC(N)CC.CNC. The summed E-state index contributed by atoms with van der Waals surface area (Å²) in [5, 5.41) is 2.75. The van der Waals surface area contributed by atoms with Gasteiger partial charge in [-0.1, -0.05) is 71.6 Å². The van der Waals surface area contributed by atoms with E-state index in [0.717, 1.165) is 13.0 Å². The van der Waals surface area contributed by atoms with E-state index in [2.05, 4.69) is 19.2 Å². The molecule has 0 saturated carbocycles. The van der Waals surface area contributed by atoms with Crippen LogP contribution in [0.1, 0.15) is 84.5 Å². The van der Waals surface area contributed by atoms with E-state index in [0.29, 0.717) is 0 Å². The van der Waals surface area contributed by atoms with E-state index in [1.807, 2.05) is 14.1 Å². The maximum Gasteiger partial charge on any atom is 0.105 e. The summed E-state index contributed by atoms with van der Waals surface area (Å²) in [6, 6.07) is 0. The molecule has 0 aliphatic carbocycles. The number of nitrogens with one attached hydrogen (secondary N) is 1. The van der Waals surface area contributed by atoms with Gasteiger partial charge >= 0.3 is 0 Å². The molecule has 0 aromatic rings. The molecule has 1 unspecified atom stereocenters. The summed E-state index contributed by atoms with van der Waals surface area (Å²) in [7, 11) is 3.75. The molecule has 0 heterocycles. The molecule has 3 heteroatoms. The molecule has 0 aliphatic rings. The Bertz CT molecular complexity index is 154. The minimum Gasteiger partial charge on any atom is -0.364 e. The molecule has 0 radical (unpaired) electrons. The Morgan fingerprint density at radius 1 is 0.800 bits per heavy atom. The van der Waals surface area contributed by atoms with E-state index >= 15 is 0 Å². The van der Waals surface area contributed by atoms with Gasteiger partial charge in [-0.25, -0.2) is 0 Å². The van der Waals surface area contributed by atoms with Crippen LogP contribution in [0.15, 0.2) is 0 Å². The van der Waals surface area contributed by atoms with Crippen molar-refractivity contribution in [2.24, 2.45) is 5.73 Å². The molecular weight excluding hydrogens is 248 g/mol. The van der Waals surface area contributed by atoms with Gasteiger partial charge in [-0.3, -0.25) is 0 Å². The van der Waals surface area contributed by atoms with Gasteiger partial charge in [-0.15, -0.1) is 0 Å². The van der Waals surface area contributed by atoms with Crippen molar-refractivity contribution in [3.05, 3.63) is 0 Å². The topological polar surface area (TPSA) is 47.3 Å². The maximum absolute atomic E-state index is 5.67. The third kappa shape index (κ3) is 23.0. The second-order valence-corrected chi connectivity index (χ2v) is 5.50. The van der Waals surface area contributed by atoms with Gasteiger partial charge in [0.25, 0.3) is 0 Å². The van der Waals surface area contributed by atoms with Crippen molar-refractivity contribution in [3.8, 4) is 0 Å². The van der Waals surface area contributed by atoms with Crippen molar-refractivity contribution in [2.75, 3.05) is 20.7 Å². The van der Waals surface area contributed by atoms with Gasteiger partial charge in [0.15, 0.2) is 0 Å². The lowest BCUT2D eigenvalue weighted by Gasteiger charge is -2.09.